The van der Waals surface area contributed by atoms with Crippen LogP contribution in [-0.2, 0) is 10.0 Å². The zero-order valence-electron chi connectivity index (χ0n) is 13.3. The van der Waals surface area contributed by atoms with Gasteiger partial charge in [-0.1, -0.05) is 0 Å². The van der Waals surface area contributed by atoms with E-state index in [1.54, 1.807) is 18.3 Å². The van der Waals surface area contributed by atoms with Gasteiger partial charge in [-0.25, -0.2) is 22.6 Å². The summed E-state index contributed by atoms with van der Waals surface area (Å²) in [7, 11) is -3.96. The lowest BCUT2D eigenvalue weighted by atomic mass is 10.2. The molecule has 26 heavy (non-hydrogen) atoms. The molecule has 3 rings (SSSR count). The Bertz CT molecular complexity index is 953. The molecule has 1 aromatic heterocycles. The van der Waals surface area contributed by atoms with Gasteiger partial charge < -0.3 is 9.84 Å². The fraction of sp³-hybridized carbons (Fsp3) is 0.250. The Hall–Kier alpha value is -2.04. The maximum Gasteiger partial charge on any atom is 0.338 e. The molecule has 1 N–H and O–H groups in total. The number of benzene rings is 1. The lowest BCUT2D eigenvalue weighted by Gasteiger charge is -2.17. The Morgan fingerprint density at radius 3 is 2.85 bits per heavy atom. The quantitative estimate of drug-likeness (QED) is 0.760. The number of pyridine rings is 1. The van der Waals surface area contributed by atoms with Crippen LogP contribution in [0.4, 0.5) is 4.39 Å². The number of carbonyl (C=O) groups is 1. The number of nitrogens with zero attached hydrogens (tertiary/aromatic N) is 2. The van der Waals surface area contributed by atoms with Crippen molar-refractivity contribution >= 4 is 31.9 Å². The van der Waals surface area contributed by atoms with Crippen LogP contribution in [0, 0.1) is 5.82 Å². The first-order valence-corrected chi connectivity index (χ1v) is 9.82. The van der Waals surface area contributed by atoms with E-state index in [1.807, 2.05) is 0 Å². The van der Waals surface area contributed by atoms with Gasteiger partial charge in [0, 0.05) is 12.7 Å². The summed E-state index contributed by atoms with van der Waals surface area (Å²) < 4.78 is 46.5. The van der Waals surface area contributed by atoms with Gasteiger partial charge in [-0.2, -0.15) is 4.31 Å². The Balaban J connectivity index is 1.78. The molecule has 1 saturated heterocycles. The predicted octanol–water partition coefficient (Wildman–Crippen LogP) is 2.52. The number of aromatic carboxylic acids is 1. The average Bonchev–Trinajstić information content (AvgIpc) is 3.06. The topological polar surface area (TPSA) is 96.8 Å². The first-order valence-electron chi connectivity index (χ1n) is 7.59. The summed E-state index contributed by atoms with van der Waals surface area (Å²) in [5.74, 6) is -2.15. The van der Waals surface area contributed by atoms with Gasteiger partial charge in [-0.15, -0.1) is 0 Å². The molecule has 0 bridgehead atoms. The summed E-state index contributed by atoms with van der Waals surface area (Å²) in [4.78, 5) is 14.8. The largest absolute Gasteiger partial charge is 0.478 e. The van der Waals surface area contributed by atoms with Crippen molar-refractivity contribution in [1.82, 2.24) is 9.29 Å². The third-order valence-corrected chi connectivity index (χ3v) is 6.38. The molecule has 2 heterocycles. The Morgan fingerprint density at radius 1 is 1.38 bits per heavy atom. The van der Waals surface area contributed by atoms with E-state index in [0.29, 0.717) is 16.8 Å². The smallest absolute Gasteiger partial charge is 0.338 e. The fourth-order valence-electron chi connectivity index (χ4n) is 2.61. The van der Waals surface area contributed by atoms with Crippen molar-refractivity contribution in [3.8, 4) is 5.88 Å². The number of halogens is 2. The van der Waals surface area contributed by atoms with Crippen molar-refractivity contribution in [2.45, 2.75) is 17.4 Å². The molecule has 138 valence electrons. The predicted molar refractivity (Wildman–Crippen MR) is 93.1 cm³/mol. The molecule has 0 radical (unpaired) electrons. The normalized spacial score (nSPS) is 18.0. The van der Waals surface area contributed by atoms with E-state index >= 15 is 0 Å². The standard InChI is InChI=1S/C16H14BrFN2O5S/c17-13-2-1-6-19-15(13)25-10-5-7-20(9-10)26(23,24)11-3-4-14(18)12(8-11)16(21)22/h1-4,6,8,10H,5,7,9H2,(H,21,22)/t10-/m0/s1. The van der Waals surface area contributed by atoms with Crippen LogP contribution in [0.5, 0.6) is 5.88 Å². The zero-order chi connectivity index (χ0) is 18.9. The number of aromatic nitrogens is 1. The van der Waals surface area contributed by atoms with Crippen LogP contribution in [0.15, 0.2) is 45.9 Å². The van der Waals surface area contributed by atoms with Crippen molar-refractivity contribution in [1.29, 1.82) is 0 Å². The number of hydrogen-bond acceptors (Lipinski definition) is 5. The second kappa shape index (κ2) is 7.29. The molecule has 10 heteroatoms. The van der Waals surface area contributed by atoms with E-state index in [0.717, 1.165) is 18.2 Å². The van der Waals surface area contributed by atoms with Crippen LogP contribution in [0.1, 0.15) is 16.8 Å². The van der Waals surface area contributed by atoms with Crippen molar-refractivity contribution in [3.63, 3.8) is 0 Å². The molecular formula is C16H14BrFN2O5S. The average molecular weight is 445 g/mol. The van der Waals surface area contributed by atoms with Crippen molar-refractivity contribution < 1.29 is 27.4 Å². The van der Waals surface area contributed by atoms with Crippen LogP contribution in [-0.4, -0.2) is 48.0 Å². The molecule has 0 spiro atoms. The van der Waals surface area contributed by atoms with Crippen molar-refractivity contribution in [3.05, 3.63) is 52.4 Å². The molecule has 1 aromatic carbocycles. The van der Waals surface area contributed by atoms with E-state index < -0.39 is 33.5 Å². The van der Waals surface area contributed by atoms with Gasteiger partial charge >= 0.3 is 5.97 Å². The number of rotatable bonds is 5. The van der Waals surface area contributed by atoms with Gasteiger partial charge in [-0.3, -0.25) is 0 Å². The maximum absolute atomic E-state index is 13.5. The van der Waals surface area contributed by atoms with Gasteiger partial charge in [0.05, 0.1) is 21.5 Å². The molecule has 1 atom stereocenters. The minimum absolute atomic E-state index is 0.0884. The van der Waals surface area contributed by atoms with E-state index in [2.05, 4.69) is 20.9 Å². The molecule has 1 aliphatic heterocycles. The van der Waals surface area contributed by atoms with E-state index in [-0.39, 0.29) is 18.0 Å². The summed E-state index contributed by atoms with van der Waals surface area (Å²) in [6.45, 7) is 0.294. The molecule has 0 amide bonds. The molecule has 1 aliphatic rings. The number of ether oxygens (including phenoxy) is 1. The Morgan fingerprint density at radius 2 is 2.15 bits per heavy atom. The highest BCUT2D eigenvalue weighted by molar-refractivity contribution is 9.10. The summed E-state index contributed by atoms with van der Waals surface area (Å²) in [6.07, 6.45) is 1.63. The molecule has 0 aliphatic carbocycles. The second-order valence-electron chi connectivity index (χ2n) is 5.63. The minimum Gasteiger partial charge on any atom is -0.478 e. The Kier molecular flexibility index (Phi) is 5.26. The summed E-state index contributed by atoms with van der Waals surface area (Å²) in [5, 5.41) is 8.97. The molecule has 7 nitrogen and oxygen atoms in total. The highest BCUT2D eigenvalue weighted by atomic mass is 79.9. The highest BCUT2D eigenvalue weighted by Gasteiger charge is 2.34. The van der Waals surface area contributed by atoms with Crippen LogP contribution in [0.2, 0.25) is 0 Å². The summed E-state index contributed by atoms with van der Waals surface area (Å²) >= 11 is 3.31. The number of carboxylic acid groups (broad SMARTS) is 1. The van der Waals surface area contributed by atoms with E-state index in [4.69, 9.17) is 9.84 Å². The van der Waals surface area contributed by atoms with Crippen molar-refractivity contribution in [2.75, 3.05) is 13.1 Å². The van der Waals surface area contributed by atoms with E-state index in [1.165, 1.54) is 4.31 Å². The van der Waals surface area contributed by atoms with Crippen LogP contribution in [0.25, 0.3) is 0 Å². The summed E-state index contributed by atoms with van der Waals surface area (Å²) in [5.41, 5.74) is -0.685. The zero-order valence-corrected chi connectivity index (χ0v) is 15.7. The third kappa shape index (κ3) is 3.71. The molecular weight excluding hydrogens is 431 g/mol. The monoisotopic (exact) mass is 444 g/mol. The lowest BCUT2D eigenvalue weighted by molar-refractivity contribution is 0.0691. The van der Waals surface area contributed by atoms with Crippen molar-refractivity contribution in [2.24, 2.45) is 0 Å². The number of hydrogen-bond donors (Lipinski definition) is 1. The van der Waals surface area contributed by atoms with Crippen LogP contribution < -0.4 is 4.74 Å². The van der Waals surface area contributed by atoms with Gasteiger partial charge in [-0.05, 0) is 52.7 Å². The van der Waals surface area contributed by atoms with Gasteiger partial charge in [0.1, 0.15) is 11.9 Å². The highest BCUT2D eigenvalue weighted by Crippen LogP contribution is 2.27. The molecule has 1 fully saturated rings. The van der Waals surface area contributed by atoms with Gasteiger partial charge in [0.2, 0.25) is 15.9 Å². The first kappa shape index (κ1) is 18.7. The maximum atomic E-state index is 13.5. The van der Waals surface area contributed by atoms with Crippen LogP contribution in [0.3, 0.4) is 0 Å². The second-order valence-corrected chi connectivity index (χ2v) is 8.42. The number of sulfonamides is 1. The first-order chi connectivity index (χ1) is 12.3. The fourth-order valence-corrected chi connectivity index (χ4v) is 4.47. The SMILES string of the molecule is O=C(O)c1cc(S(=O)(=O)N2CC[C@H](Oc3ncccc3Br)C2)ccc1F. The van der Waals surface area contributed by atoms with E-state index in [9.17, 15) is 17.6 Å². The molecule has 0 saturated carbocycles. The third-order valence-electron chi connectivity index (χ3n) is 3.92. The molecule has 0 unspecified atom stereocenters. The van der Waals surface area contributed by atoms with Crippen LogP contribution >= 0.6 is 15.9 Å². The molecule has 2 aromatic rings. The van der Waals surface area contributed by atoms with Gasteiger partial charge in [0.25, 0.3) is 0 Å². The lowest BCUT2D eigenvalue weighted by Crippen LogP contribution is -2.31. The van der Waals surface area contributed by atoms with Gasteiger partial charge in [0.15, 0.2) is 0 Å². The minimum atomic E-state index is -3.96. The summed E-state index contributed by atoms with van der Waals surface area (Å²) in [6, 6.07) is 6.22. The Labute approximate surface area is 157 Å². The number of carboxylic acids is 1.